The van der Waals surface area contributed by atoms with Gasteiger partial charge in [0, 0.05) is 38.2 Å². The minimum Gasteiger partial charge on any atom is -0.598 e. The summed E-state index contributed by atoms with van der Waals surface area (Å²) in [7, 11) is 0. The predicted octanol–water partition coefficient (Wildman–Crippen LogP) is 8.43. The van der Waals surface area contributed by atoms with Crippen LogP contribution in [0.1, 0.15) is 84.5 Å². The lowest BCUT2D eigenvalue weighted by molar-refractivity contribution is -0.159. The summed E-state index contributed by atoms with van der Waals surface area (Å²) in [5.74, 6) is -0.456. The maximum Gasteiger partial charge on any atom is 0.413 e. The monoisotopic (exact) mass is 684 g/mol. The molecule has 0 aliphatic carbocycles. The first kappa shape index (κ1) is 34.6. The van der Waals surface area contributed by atoms with Gasteiger partial charge in [-0.2, -0.15) is 0 Å². The highest BCUT2D eigenvalue weighted by Crippen LogP contribution is 2.43. The maximum atomic E-state index is 13.6. The van der Waals surface area contributed by atoms with E-state index in [-0.39, 0.29) is 5.82 Å². The molecule has 3 atom stereocenters. The van der Waals surface area contributed by atoms with Crippen molar-refractivity contribution < 1.29 is 23.9 Å². The van der Waals surface area contributed by atoms with Crippen LogP contribution in [0.15, 0.2) is 54.7 Å². The van der Waals surface area contributed by atoms with E-state index in [0.29, 0.717) is 17.3 Å². The minimum absolute atomic E-state index is 0.227. The summed E-state index contributed by atoms with van der Waals surface area (Å²) in [6, 6.07) is 14.6. The summed E-state index contributed by atoms with van der Waals surface area (Å²) in [5.41, 5.74) is 1.69. The fraction of sp³-hybridized carbons (Fsp3) is 0.441. The van der Waals surface area contributed by atoms with Crippen LogP contribution in [0.5, 0.6) is 0 Å². The van der Waals surface area contributed by atoms with E-state index in [1.165, 1.54) is 16.2 Å². The van der Waals surface area contributed by atoms with Gasteiger partial charge in [0.05, 0.1) is 23.0 Å². The number of hydrogen-bond donors (Lipinski definition) is 2. The summed E-state index contributed by atoms with van der Waals surface area (Å²) in [6.07, 6.45) is 0.650. The molecule has 2 N–H and O–H groups in total. The van der Waals surface area contributed by atoms with Crippen LogP contribution in [-0.4, -0.2) is 48.4 Å². The van der Waals surface area contributed by atoms with Gasteiger partial charge in [-0.3, -0.25) is 9.88 Å². The van der Waals surface area contributed by atoms with Gasteiger partial charge in [-0.25, -0.2) is 9.78 Å². The van der Waals surface area contributed by atoms with E-state index in [1.807, 2.05) is 77.9 Å². The van der Waals surface area contributed by atoms with Gasteiger partial charge >= 0.3 is 6.09 Å². The second-order valence-electron chi connectivity index (χ2n) is 14.1. The number of carboxylic acid groups (broad SMARTS) is 1. The molecule has 0 bridgehead atoms. The number of benzene rings is 1. The first-order chi connectivity index (χ1) is 21.3. The first-order valence-electron chi connectivity index (χ1n) is 15.0. The van der Waals surface area contributed by atoms with Crippen molar-refractivity contribution >= 4 is 56.3 Å². The molecule has 1 saturated heterocycles. The van der Waals surface area contributed by atoms with Crippen LogP contribution in [0.4, 0.5) is 10.6 Å². The molecule has 12 heteroatoms. The molecule has 1 amide bonds. The topological polar surface area (TPSA) is 120 Å². The van der Waals surface area contributed by atoms with Crippen molar-refractivity contribution in [3.8, 4) is 11.3 Å². The molecule has 1 aliphatic rings. The number of thiophene rings is 1. The van der Waals surface area contributed by atoms with Crippen molar-refractivity contribution in [3.63, 3.8) is 0 Å². The van der Waals surface area contributed by atoms with Crippen molar-refractivity contribution in [3.05, 3.63) is 75.9 Å². The molecule has 2 unspecified atom stereocenters. The van der Waals surface area contributed by atoms with Gasteiger partial charge in [0.1, 0.15) is 22.2 Å². The molecule has 0 saturated carbocycles. The Balaban J connectivity index is 1.63. The number of halogens is 1. The number of fused-ring (bicyclic) bond motifs is 1. The largest absolute Gasteiger partial charge is 0.598 e. The number of hydrogen-bond acceptors (Lipinski definition) is 8. The van der Waals surface area contributed by atoms with Crippen LogP contribution in [0, 0.1) is 0 Å². The van der Waals surface area contributed by atoms with Gasteiger partial charge in [-0.1, -0.05) is 29.8 Å². The van der Waals surface area contributed by atoms with Crippen LogP contribution in [0.25, 0.3) is 21.3 Å². The fourth-order valence-corrected chi connectivity index (χ4v) is 7.76. The van der Waals surface area contributed by atoms with E-state index < -0.39 is 45.2 Å². The lowest BCUT2D eigenvalue weighted by Gasteiger charge is -2.33. The van der Waals surface area contributed by atoms with Crippen molar-refractivity contribution in [1.29, 1.82) is 0 Å². The molecular formula is C34H41ClN4O5S2. The number of nitrogens with zero attached hydrogens (tertiary/aromatic N) is 3. The third kappa shape index (κ3) is 7.06. The zero-order chi connectivity index (χ0) is 33.8. The van der Waals surface area contributed by atoms with Gasteiger partial charge < -0.3 is 19.1 Å². The van der Waals surface area contributed by atoms with Crippen LogP contribution in [-0.2, 0) is 26.4 Å². The van der Waals surface area contributed by atoms with E-state index >= 15 is 0 Å². The van der Waals surface area contributed by atoms with Gasteiger partial charge in [0.2, 0.25) is 0 Å². The quantitative estimate of drug-likeness (QED) is 0.186. The Morgan fingerprint density at radius 1 is 1.13 bits per heavy atom. The van der Waals surface area contributed by atoms with Crippen LogP contribution < -0.4 is 9.62 Å². The Labute approximate surface area is 282 Å². The van der Waals surface area contributed by atoms with E-state index in [0.717, 1.165) is 31.8 Å². The minimum atomic E-state index is -1.51. The number of pyridine rings is 2. The number of ether oxygens (including phenoxy) is 2. The number of aromatic nitrogens is 2. The standard InChI is InChI=1S/C34H41ClN4O5S2/c1-31(2,3)39(30(40)41)26-14-13-23(35)27(37-26)28(38-46(42)32(4,5)6)25-17-20-11-10-12-22(29(20)45-25)24-18-21(15-16-36-24)34(9)19-43-33(7,8)44-34/h10-18,28,38H,19H2,1-9H3,(H,40,41)/t28?,34-,46?/m1/s1. The SMILES string of the molecule is CC1(C)OC[C@](C)(c2ccnc(-c3cccc4cc(C(N[S+]([O-])C(C)(C)C)c5nc(N(C(=O)O)C(C)(C)C)ccc5Cl)sc34)c2)O1. The van der Waals surface area contributed by atoms with E-state index in [9.17, 15) is 14.5 Å². The van der Waals surface area contributed by atoms with Crippen LogP contribution in [0.3, 0.4) is 0 Å². The van der Waals surface area contributed by atoms with Gasteiger partial charge in [0.25, 0.3) is 0 Å². The number of rotatable bonds is 7. The van der Waals surface area contributed by atoms with Gasteiger partial charge in [-0.05, 0) is 104 Å². The molecule has 5 rings (SSSR count). The molecule has 0 spiro atoms. The first-order valence-corrected chi connectivity index (χ1v) is 17.3. The number of nitrogens with one attached hydrogen (secondary N) is 1. The molecule has 4 heterocycles. The Bertz CT molecular complexity index is 1770. The van der Waals surface area contributed by atoms with Crippen molar-refractivity contribution in [2.24, 2.45) is 0 Å². The molecule has 0 radical (unpaired) electrons. The normalized spacial score (nSPS) is 19.7. The maximum absolute atomic E-state index is 13.6. The lowest BCUT2D eigenvalue weighted by Crippen LogP contribution is -2.46. The average molecular weight is 685 g/mol. The van der Waals surface area contributed by atoms with Crippen molar-refractivity contribution in [2.75, 3.05) is 11.5 Å². The molecular weight excluding hydrogens is 644 g/mol. The summed E-state index contributed by atoms with van der Waals surface area (Å²) in [6.45, 7) is 17.3. The number of amides is 1. The zero-order valence-electron chi connectivity index (χ0n) is 27.6. The zero-order valence-corrected chi connectivity index (χ0v) is 30.0. The molecule has 3 aromatic heterocycles. The Hall–Kier alpha value is -2.77. The van der Waals surface area contributed by atoms with Gasteiger partial charge in [0.15, 0.2) is 5.79 Å². The molecule has 9 nitrogen and oxygen atoms in total. The van der Waals surface area contributed by atoms with Gasteiger partial charge in [-0.15, -0.1) is 16.1 Å². The third-order valence-electron chi connectivity index (χ3n) is 7.66. The smallest absolute Gasteiger partial charge is 0.413 e. The van der Waals surface area contributed by atoms with E-state index in [4.69, 9.17) is 31.0 Å². The van der Waals surface area contributed by atoms with Crippen molar-refractivity contribution in [1.82, 2.24) is 14.7 Å². The Kier molecular flexibility index (Phi) is 9.28. The molecule has 1 aromatic carbocycles. The molecule has 1 aliphatic heterocycles. The Morgan fingerprint density at radius 2 is 1.85 bits per heavy atom. The Morgan fingerprint density at radius 3 is 2.46 bits per heavy atom. The third-order valence-corrected chi connectivity index (χ3v) is 10.8. The second-order valence-corrected chi connectivity index (χ2v) is 17.6. The summed E-state index contributed by atoms with van der Waals surface area (Å²) < 4.78 is 29.4. The molecule has 46 heavy (non-hydrogen) atoms. The molecule has 4 aromatic rings. The summed E-state index contributed by atoms with van der Waals surface area (Å²) in [5, 5.41) is 11.4. The van der Waals surface area contributed by atoms with Crippen LogP contribution >= 0.6 is 22.9 Å². The van der Waals surface area contributed by atoms with E-state index in [1.54, 1.807) is 39.1 Å². The lowest BCUT2D eigenvalue weighted by atomic mass is 9.96. The van der Waals surface area contributed by atoms with Crippen LogP contribution in [0.2, 0.25) is 5.02 Å². The van der Waals surface area contributed by atoms with Crippen molar-refractivity contribution in [2.45, 2.75) is 90.0 Å². The molecule has 246 valence electrons. The second kappa shape index (κ2) is 12.4. The highest BCUT2D eigenvalue weighted by molar-refractivity contribution is 7.90. The predicted molar refractivity (Wildman–Crippen MR) is 186 cm³/mol. The molecule has 1 fully saturated rings. The summed E-state index contributed by atoms with van der Waals surface area (Å²) >= 11 is 6.80. The highest BCUT2D eigenvalue weighted by atomic mass is 35.5. The number of carbonyl (C=O) groups is 1. The highest BCUT2D eigenvalue weighted by Gasteiger charge is 2.43. The fourth-order valence-electron chi connectivity index (χ4n) is 5.42. The summed E-state index contributed by atoms with van der Waals surface area (Å²) in [4.78, 5) is 23.8. The van der Waals surface area contributed by atoms with E-state index in [2.05, 4.69) is 4.72 Å². The number of anilines is 1. The average Bonchev–Trinajstić information content (AvgIpc) is 3.51.